The summed E-state index contributed by atoms with van der Waals surface area (Å²) in [5.41, 5.74) is 6.32. The second-order valence-electron chi connectivity index (χ2n) is 5.62. The second kappa shape index (κ2) is 5.55. The zero-order valence-corrected chi connectivity index (χ0v) is 14.1. The molecular formula is C19H14Cl2N2. The van der Waals surface area contributed by atoms with E-state index in [0.717, 1.165) is 22.5 Å². The Bertz CT molecular complexity index is 938. The number of nitrogens with zero attached hydrogens (tertiary/aromatic N) is 2. The SMILES string of the molecule is Cc1ccn2c1CN=C(c1ccccc1Cl)c1cc(Cl)ccc1-2. The molecule has 1 aliphatic heterocycles. The van der Waals surface area contributed by atoms with Crippen molar-refractivity contribution in [2.45, 2.75) is 13.5 Å². The van der Waals surface area contributed by atoms with Crippen LogP contribution in [0.2, 0.25) is 10.0 Å². The highest BCUT2D eigenvalue weighted by atomic mass is 35.5. The third-order valence-corrected chi connectivity index (χ3v) is 4.77. The van der Waals surface area contributed by atoms with Crippen molar-refractivity contribution < 1.29 is 0 Å². The topological polar surface area (TPSA) is 17.3 Å². The first-order valence-electron chi connectivity index (χ1n) is 7.41. The van der Waals surface area contributed by atoms with Crippen molar-refractivity contribution >= 4 is 28.9 Å². The molecular weight excluding hydrogens is 327 g/mol. The van der Waals surface area contributed by atoms with Crippen molar-refractivity contribution in [2.24, 2.45) is 4.99 Å². The first-order chi connectivity index (χ1) is 11.1. The standard InChI is InChI=1S/C19H14Cl2N2/c1-12-8-9-23-17-7-6-13(20)10-15(17)19(22-11-18(12)23)14-4-2-3-5-16(14)21/h2-10H,11H2,1H3. The van der Waals surface area contributed by atoms with Crippen molar-refractivity contribution in [1.82, 2.24) is 4.57 Å². The normalized spacial score (nSPS) is 13.1. The van der Waals surface area contributed by atoms with Crippen LogP contribution in [0, 0.1) is 6.92 Å². The Morgan fingerprint density at radius 3 is 2.65 bits per heavy atom. The van der Waals surface area contributed by atoms with E-state index in [0.29, 0.717) is 16.6 Å². The highest BCUT2D eigenvalue weighted by Gasteiger charge is 2.21. The molecule has 0 unspecified atom stereocenters. The molecule has 4 rings (SSSR count). The van der Waals surface area contributed by atoms with E-state index in [2.05, 4.69) is 23.8 Å². The molecule has 0 aliphatic carbocycles. The van der Waals surface area contributed by atoms with Crippen molar-refractivity contribution in [3.05, 3.63) is 87.2 Å². The van der Waals surface area contributed by atoms with Crippen molar-refractivity contribution in [3.63, 3.8) is 0 Å². The maximum absolute atomic E-state index is 6.41. The molecule has 0 atom stereocenters. The molecule has 23 heavy (non-hydrogen) atoms. The molecule has 4 heteroatoms. The Balaban J connectivity index is 2.02. The molecule has 0 radical (unpaired) electrons. The van der Waals surface area contributed by atoms with Gasteiger partial charge in [-0.15, -0.1) is 0 Å². The van der Waals surface area contributed by atoms with E-state index in [9.17, 15) is 0 Å². The lowest BCUT2D eigenvalue weighted by Crippen LogP contribution is -2.07. The Hall–Kier alpha value is -2.03. The number of halogens is 2. The van der Waals surface area contributed by atoms with E-state index in [4.69, 9.17) is 28.2 Å². The van der Waals surface area contributed by atoms with E-state index < -0.39 is 0 Å². The van der Waals surface area contributed by atoms with Crippen LogP contribution in [0.1, 0.15) is 22.4 Å². The Kier molecular flexibility index (Phi) is 3.51. The predicted octanol–water partition coefficient (Wildman–Crippen LogP) is 5.44. The van der Waals surface area contributed by atoms with E-state index >= 15 is 0 Å². The van der Waals surface area contributed by atoms with Crippen LogP contribution >= 0.6 is 23.2 Å². The summed E-state index contributed by atoms with van der Waals surface area (Å²) in [4.78, 5) is 4.86. The summed E-state index contributed by atoms with van der Waals surface area (Å²) >= 11 is 12.7. The Labute approximate surface area is 145 Å². The minimum Gasteiger partial charge on any atom is -0.318 e. The van der Waals surface area contributed by atoms with E-state index in [1.807, 2.05) is 42.5 Å². The van der Waals surface area contributed by atoms with Crippen LogP contribution in [0.4, 0.5) is 0 Å². The van der Waals surface area contributed by atoms with Crippen molar-refractivity contribution in [2.75, 3.05) is 0 Å². The average Bonchev–Trinajstić information content (AvgIpc) is 2.82. The lowest BCUT2D eigenvalue weighted by molar-refractivity contribution is 0.915. The maximum Gasteiger partial charge on any atom is 0.0805 e. The number of hydrogen-bond donors (Lipinski definition) is 0. The van der Waals surface area contributed by atoms with Gasteiger partial charge in [0.25, 0.3) is 0 Å². The first-order valence-corrected chi connectivity index (χ1v) is 8.17. The lowest BCUT2D eigenvalue weighted by Gasteiger charge is -2.13. The quantitative estimate of drug-likeness (QED) is 0.560. The van der Waals surface area contributed by atoms with E-state index in [-0.39, 0.29) is 0 Å². The summed E-state index contributed by atoms with van der Waals surface area (Å²) in [6, 6.07) is 15.8. The van der Waals surface area contributed by atoms with Gasteiger partial charge >= 0.3 is 0 Å². The molecule has 2 heterocycles. The molecule has 0 amide bonds. The smallest absolute Gasteiger partial charge is 0.0805 e. The molecule has 2 nitrogen and oxygen atoms in total. The molecule has 3 aromatic rings. The molecule has 1 aromatic heterocycles. The zero-order valence-electron chi connectivity index (χ0n) is 12.6. The molecule has 0 spiro atoms. The van der Waals surface area contributed by atoms with Crippen LogP contribution in [0.3, 0.4) is 0 Å². The Morgan fingerprint density at radius 2 is 1.83 bits per heavy atom. The minimum atomic E-state index is 0.617. The fourth-order valence-electron chi connectivity index (χ4n) is 3.02. The number of aromatic nitrogens is 1. The van der Waals surface area contributed by atoms with Crippen LogP contribution in [-0.4, -0.2) is 10.3 Å². The van der Waals surface area contributed by atoms with Crippen molar-refractivity contribution in [1.29, 1.82) is 0 Å². The minimum absolute atomic E-state index is 0.617. The maximum atomic E-state index is 6.41. The molecule has 0 fully saturated rings. The van der Waals surface area contributed by atoms with Gasteiger partial charge in [-0.05, 0) is 42.8 Å². The van der Waals surface area contributed by atoms with Crippen molar-refractivity contribution in [3.8, 4) is 5.69 Å². The number of aryl methyl sites for hydroxylation is 1. The van der Waals surface area contributed by atoms with Crippen LogP contribution in [-0.2, 0) is 6.54 Å². The molecule has 1 aliphatic rings. The van der Waals surface area contributed by atoms with Crippen LogP contribution in [0.25, 0.3) is 5.69 Å². The average molecular weight is 341 g/mol. The zero-order chi connectivity index (χ0) is 16.0. The van der Waals surface area contributed by atoms with Gasteiger partial charge in [0.05, 0.1) is 17.9 Å². The van der Waals surface area contributed by atoms with Gasteiger partial charge < -0.3 is 4.57 Å². The summed E-state index contributed by atoms with van der Waals surface area (Å²) in [7, 11) is 0. The summed E-state index contributed by atoms with van der Waals surface area (Å²) in [6.45, 7) is 2.73. The number of hydrogen-bond acceptors (Lipinski definition) is 1. The van der Waals surface area contributed by atoms with E-state index in [1.54, 1.807) is 0 Å². The molecule has 114 valence electrons. The fourth-order valence-corrected chi connectivity index (χ4v) is 3.42. The van der Waals surface area contributed by atoms with Gasteiger partial charge in [0.15, 0.2) is 0 Å². The van der Waals surface area contributed by atoms with Gasteiger partial charge in [-0.2, -0.15) is 0 Å². The number of fused-ring (bicyclic) bond motifs is 3. The van der Waals surface area contributed by atoms with Gasteiger partial charge in [0.2, 0.25) is 0 Å². The van der Waals surface area contributed by atoms with E-state index in [1.165, 1.54) is 11.3 Å². The molecule has 0 saturated carbocycles. The van der Waals surface area contributed by atoms with Crippen LogP contribution < -0.4 is 0 Å². The molecule has 0 N–H and O–H groups in total. The predicted molar refractivity (Wildman–Crippen MR) is 96.3 cm³/mol. The van der Waals surface area contributed by atoms with Crippen LogP contribution in [0.5, 0.6) is 0 Å². The summed E-state index contributed by atoms with van der Waals surface area (Å²) < 4.78 is 2.19. The number of aliphatic imine (C=N–C) groups is 1. The number of benzene rings is 2. The van der Waals surface area contributed by atoms with Gasteiger partial charge in [-0.3, -0.25) is 4.99 Å². The van der Waals surface area contributed by atoms with Gasteiger partial charge in [0, 0.05) is 33.1 Å². The highest BCUT2D eigenvalue weighted by Crippen LogP contribution is 2.31. The summed E-state index contributed by atoms with van der Waals surface area (Å²) in [5.74, 6) is 0. The third kappa shape index (κ3) is 2.39. The Morgan fingerprint density at radius 1 is 1.00 bits per heavy atom. The monoisotopic (exact) mass is 340 g/mol. The highest BCUT2D eigenvalue weighted by molar-refractivity contribution is 6.36. The fraction of sp³-hybridized carbons (Fsp3) is 0.105. The third-order valence-electron chi connectivity index (χ3n) is 4.21. The van der Waals surface area contributed by atoms with Crippen LogP contribution in [0.15, 0.2) is 59.7 Å². The number of rotatable bonds is 1. The molecule has 0 bridgehead atoms. The van der Waals surface area contributed by atoms with Gasteiger partial charge in [-0.1, -0.05) is 41.4 Å². The largest absolute Gasteiger partial charge is 0.318 e. The molecule has 0 saturated heterocycles. The summed E-state index contributed by atoms with van der Waals surface area (Å²) in [6.07, 6.45) is 2.09. The molecule has 2 aromatic carbocycles. The summed E-state index contributed by atoms with van der Waals surface area (Å²) in [5, 5.41) is 1.39. The van der Waals surface area contributed by atoms with Gasteiger partial charge in [0.1, 0.15) is 0 Å². The van der Waals surface area contributed by atoms with Gasteiger partial charge in [-0.25, -0.2) is 0 Å². The first kappa shape index (κ1) is 14.6. The second-order valence-corrected chi connectivity index (χ2v) is 6.47. The lowest BCUT2D eigenvalue weighted by atomic mass is 10.0.